The van der Waals surface area contributed by atoms with Crippen LogP contribution in [0.1, 0.15) is 0 Å². The highest BCUT2D eigenvalue weighted by molar-refractivity contribution is 7.99. The molecule has 2 nitrogen and oxygen atoms in total. The first kappa shape index (κ1) is 12.6. The maximum Gasteiger partial charge on any atom is 0.146 e. The second kappa shape index (κ2) is 5.63. The van der Waals surface area contributed by atoms with Crippen LogP contribution in [0.25, 0.3) is 0 Å². The number of benzene rings is 1. The van der Waals surface area contributed by atoms with E-state index in [0.29, 0.717) is 15.9 Å². The van der Waals surface area contributed by atoms with Crippen LogP contribution in [0, 0.1) is 0 Å². The van der Waals surface area contributed by atoms with Crippen LogP contribution < -0.4 is 5.32 Å². The molecule has 0 atom stereocenters. The van der Waals surface area contributed by atoms with Crippen molar-refractivity contribution >= 4 is 40.8 Å². The topological polar surface area (TPSA) is 24.9 Å². The van der Waals surface area contributed by atoms with E-state index in [9.17, 15) is 0 Å². The molecule has 0 saturated carbocycles. The Bertz CT molecular complexity index is 517. The summed E-state index contributed by atoms with van der Waals surface area (Å²) >= 11 is 13.6. The fourth-order valence-electron chi connectivity index (χ4n) is 1.30. The van der Waals surface area contributed by atoms with Crippen molar-refractivity contribution in [2.24, 2.45) is 0 Å². The number of aromatic nitrogens is 1. The summed E-state index contributed by atoms with van der Waals surface area (Å²) in [4.78, 5) is 5.46. The molecule has 1 N–H and O–H groups in total. The first-order valence-corrected chi connectivity index (χ1v) is 6.54. The monoisotopic (exact) mass is 284 g/mol. The minimum atomic E-state index is 0.523. The molecule has 1 heterocycles. The van der Waals surface area contributed by atoms with E-state index >= 15 is 0 Å². The van der Waals surface area contributed by atoms with Crippen LogP contribution in [0.15, 0.2) is 46.3 Å². The number of nitrogens with zero attached hydrogens (tertiary/aromatic N) is 1. The summed E-state index contributed by atoms with van der Waals surface area (Å²) in [5.74, 6) is 0.634. The van der Waals surface area contributed by atoms with Gasteiger partial charge in [0.25, 0.3) is 0 Å². The summed E-state index contributed by atoms with van der Waals surface area (Å²) in [5, 5.41) is 4.76. The highest BCUT2D eigenvalue weighted by Gasteiger charge is 2.09. The smallest absolute Gasteiger partial charge is 0.146 e. The molecule has 0 fully saturated rings. The molecule has 2 aromatic rings. The summed E-state index contributed by atoms with van der Waals surface area (Å²) < 4.78 is 0. The molecule has 0 unspecified atom stereocenters. The molecule has 1 aromatic carbocycles. The normalized spacial score (nSPS) is 10.3. The van der Waals surface area contributed by atoms with Gasteiger partial charge in [0.05, 0.1) is 10.0 Å². The van der Waals surface area contributed by atoms with Crippen LogP contribution in [-0.2, 0) is 0 Å². The van der Waals surface area contributed by atoms with Gasteiger partial charge in [-0.3, -0.25) is 0 Å². The van der Waals surface area contributed by atoms with Crippen LogP contribution >= 0.6 is 35.0 Å². The van der Waals surface area contributed by atoms with Crippen LogP contribution in [0.2, 0.25) is 10.0 Å². The average molecular weight is 285 g/mol. The number of anilines is 1. The van der Waals surface area contributed by atoms with Gasteiger partial charge in [0, 0.05) is 11.9 Å². The van der Waals surface area contributed by atoms with Gasteiger partial charge in [0.1, 0.15) is 10.8 Å². The van der Waals surface area contributed by atoms with Crippen molar-refractivity contribution in [2.45, 2.75) is 9.92 Å². The quantitative estimate of drug-likeness (QED) is 0.893. The minimum absolute atomic E-state index is 0.523. The first-order chi connectivity index (χ1) is 8.20. The highest BCUT2D eigenvalue weighted by atomic mass is 35.5. The van der Waals surface area contributed by atoms with E-state index in [2.05, 4.69) is 10.3 Å². The summed E-state index contributed by atoms with van der Waals surface area (Å²) in [6, 6.07) is 11.6. The molecule has 0 amide bonds. The lowest BCUT2D eigenvalue weighted by Crippen LogP contribution is -1.95. The third-order valence-electron chi connectivity index (χ3n) is 2.09. The van der Waals surface area contributed by atoms with Gasteiger partial charge >= 0.3 is 0 Å². The second-order valence-electron chi connectivity index (χ2n) is 3.27. The van der Waals surface area contributed by atoms with Gasteiger partial charge in [-0.15, -0.1) is 0 Å². The lowest BCUT2D eigenvalue weighted by Gasteiger charge is -2.08. The largest absolute Gasteiger partial charge is 0.372 e. The minimum Gasteiger partial charge on any atom is -0.372 e. The lowest BCUT2D eigenvalue weighted by atomic mass is 10.4. The Hall–Kier alpha value is -0.900. The van der Waals surface area contributed by atoms with Gasteiger partial charge < -0.3 is 5.32 Å². The van der Waals surface area contributed by atoms with Crippen molar-refractivity contribution in [2.75, 3.05) is 12.4 Å². The third kappa shape index (κ3) is 3.06. The van der Waals surface area contributed by atoms with Crippen molar-refractivity contribution in [3.63, 3.8) is 0 Å². The van der Waals surface area contributed by atoms with E-state index in [4.69, 9.17) is 23.2 Å². The predicted octanol–water partition coefficient (Wildman–Crippen LogP) is 4.58. The molecule has 88 valence electrons. The molecule has 1 aromatic heterocycles. The zero-order valence-corrected chi connectivity index (χ0v) is 11.4. The van der Waals surface area contributed by atoms with Crippen molar-refractivity contribution in [3.8, 4) is 0 Å². The van der Waals surface area contributed by atoms with Gasteiger partial charge in [-0.1, -0.05) is 53.2 Å². The summed E-state index contributed by atoms with van der Waals surface area (Å²) in [6.45, 7) is 0. The molecule has 0 aliphatic carbocycles. The molecule has 5 heteroatoms. The van der Waals surface area contributed by atoms with E-state index in [-0.39, 0.29) is 0 Å². The number of hydrogen-bond donors (Lipinski definition) is 1. The zero-order chi connectivity index (χ0) is 12.3. The summed E-state index contributed by atoms with van der Waals surface area (Å²) in [5.41, 5.74) is 0. The Kier molecular flexibility index (Phi) is 4.15. The summed E-state index contributed by atoms with van der Waals surface area (Å²) in [6.07, 6.45) is 0. The maximum atomic E-state index is 6.11. The van der Waals surface area contributed by atoms with Gasteiger partial charge in [-0.25, -0.2) is 4.98 Å². The van der Waals surface area contributed by atoms with Gasteiger partial charge in [-0.2, -0.15) is 0 Å². The number of pyridine rings is 1. The Morgan fingerprint density at radius 2 is 1.82 bits per heavy atom. The molecule has 0 aliphatic heterocycles. The summed E-state index contributed by atoms with van der Waals surface area (Å²) in [7, 11) is 1.78. The maximum absolute atomic E-state index is 6.11. The van der Waals surface area contributed by atoms with E-state index in [1.807, 2.05) is 30.3 Å². The molecule has 0 spiro atoms. The van der Waals surface area contributed by atoms with Crippen molar-refractivity contribution in [1.82, 2.24) is 4.98 Å². The van der Waals surface area contributed by atoms with Gasteiger partial charge in [0.15, 0.2) is 0 Å². The molecular formula is C12H10Cl2N2S. The Morgan fingerprint density at radius 1 is 1.12 bits per heavy atom. The van der Waals surface area contributed by atoms with Crippen LogP contribution in [-0.4, -0.2) is 12.0 Å². The number of hydrogen-bond acceptors (Lipinski definition) is 3. The number of halogens is 2. The fraction of sp³-hybridized carbons (Fsp3) is 0.0833. The molecule has 0 aliphatic rings. The third-order valence-corrected chi connectivity index (χ3v) is 3.79. The standard InChI is InChI=1S/C12H10Cl2N2S/c1-15-11-9(13)7-10(14)12(16-11)17-8-5-3-2-4-6-8/h2-7H,1H3,(H,15,16). The molecule has 0 bridgehead atoms. The van der Waals surface area contributed by atoms with Gasteiger partial charge in [0.2, 0.25) is 0 Å². The van der Waals surface area contributed by atoms with Crippen molar-refractivity contribution < 1.29 is 0 Å². The number of rotatable bonds is 3. The molecule has 2 rings (SSSR count). The van der Waals surface area contributed by atoms with Crippen molar-refractivity contribution in [3.05, 3.63) is 46.4 Å². The Balaban J connectivity index is 2.33. The average Bonchev–Trinajstić information content (AvgIpc) is 2.34. The first-order valence-electron chi connectivity index (χ1n) is 4.97. The van der Waals surface area contributed by atoms with Gasteiger partial charge in [-0.05, 0) is 18.2 Å². The van der Waals surface area contributed by atoms with Crippen LogP contribution in [0.3, 0.4) is 0 Å². The van der Waals surface area contributed by atoms with Crippen LogP contribution in [0.5, 0.6) is 0 Å². The van der Waals surface area contributed by atoms with E-state index in [1.165, 1.54) is 11.8 Å². The van der Waals surface area contributed by atoms with E-state index in [0.717, 1.165) is 9.92 Å². The van der Waals surface area contributed by atoms with Crippen LogP contribution in [0.4, 0.5) is 5.82 Å². The lowest BCUT2D eigenvalue weighted by molar-refractivity contribution is 1.13. The molecule has 0 saturated heterocycles. The highest BCUT2D eigenvalue weighted by Crippen LogP contribution is 2.35. The van der Waals surface area contributed by atoms with E-state index in [1.54, 1.807) is 13.1 Å². The predicted molar refractivity (Wildman–Crippen MR) is 74.4 cm³/mol. The molecule has 0 radical (unpaired) electrons. The SMILES string of the molecule is CNc1nc(Sc2ccccc2)c(Cl)cc1Cl. The van der Waals surface area contributed by atoms with Crippen molar-refractivity contribution in [1.29, 1.82) is 0 Å². The number of nitrogens with one attached hydrogen (secondary N) is 1. The fourth-order valence-corrected chi connectivity index (χ4v) is 2.68. The Morgan fingerprint density at radius 3 is 2.47 bits per heavy atom. The Labute approximate surface area is 114 Å². The second-order valence-corrected chi connectivity index (χ2v) is 5.15. The molecular weight excluding hydrogens is 275 g/mol. The zero-order valence-electron chi connectivity index (χ0n) is 9.08. The molecule has 17 heavy (non-hydrogen) atoms. The van der Waals surface area contributed by atoms with E-state index < -0.39 is 0 Å².